The van der Waals surface area contributed by atoms with Gasteiger partial charge >= 0.3 is 0 Å². The fraction of sp³-hybridized carbons (Fsp3) is 0.286. The topological polar surface area (TPSA) is 59.2 Å². The minimum atomic E-state index is -0.194. The zero-order valence-electron chi connectivity index (χ0n) is 15.3. The number of hydrogen-bond acceptors (Lipinski definition) is 4. The van der Waals surface area contributed by atoms with Gasteiger partial charge < -0.3 is 9.42 Å². The standard InChI is InChI=1S/C21H20ClN3O2/c1-13-3-6-16(11-14(13)2)20-23-21(27-24-20)18-9-10-19(26)25(18)12-15-4-7-17(22)8-5-15/h3-8,11,18H,9-10,12H2,1-2H3. The second-order valence-corrected chi connectivity index (χ2v) is 7.39. The molecule has 138 valence electrons. The van der Waals surface area contributed by atoms with Gasteiger partial charge in [-0.3, -0.25) is 4.79 Å². The number of aryl methyl sites for hydroxylation is 2. The van der Waals surface area contributed by atoms with Gasteiger partial charge in [-0.05, 0) is 55.2 Å². The van der Waals surface area contributed by atoms with Crippen LogP contribution >= 0.6 is 11.6 Å². The Hall–Kier alpha value is -2.66. The minimum absolute atomic E-state index is 0.0980. The number of nitrogens with zero attached hydrogens (tertiary/aromatic N) is 3. The molecule has 0 bridgehead atoms. The average Bonchev–Trinajstić information content (AvgIpc) is 3.27. The van der Waals surface area contributed by atoms with E-state index < -0.39 is 0 Å². The zero-order valence-corrected chi connectivity index (χ0v) is 16.0. The van der Waals surface area contributed by atoms with E-state index in [0.717, 1.165) is 11.1 Å². The summed E-state index contributed by atoms with van der Waals surface area (Å²) in [6.07, 6.45) is 1.17. The molecule has 5 nitrogen and oxygen atoms in total. The van der Waals surface area contributed by atoms with Crippen LogP contribution in [0.2, 0.25) is 5.02 Å². The first kappa shape index (κ1) is 17.7. The Kier molecular flexibility index (Phi) is 4.70. The van der Waals surface area contributed by atoms with Crippen LogP contribution in [0.3, 0.4) is 0 Å². The third-order valence-electron chi connectivity index (χ3n) is 5.09. The van der Waals surface area contributed by atoms with E-state index in [4.69, 9.17) is 16.1 Å². The van der Waals surface area contributed by atoms with E-state index in [1.54, 1.807) is 4.90 Å². The normalized spacial score (nSPS) is 16.9. The SMILES string of the molecule is Cc1ccc(-c2noc(C3CCC(=O)N3Cc3ccc(Cl)cc3)n2)cc1C. The number of likely N-dealkylation sites (tertiary alicyclic amines) is 1. The predicted molar refractivity (Wildman–Crippen MR) is 103 cm³/mol. The third kappa shape index (κ3) is 3.60. The summed E-state index contributed by atoms with van der Waals surface area (Å²) in [5, 5.41) is 4.82. The largest absolute Gasteiger partial charge is 0.337 e. The number of carbonyl (C=O) groups is 1. The molecule has 2 aromatic carbocycles. The summed E-state index contributed by atoms with van der Waals surface area (Å²) in [6, 6.07) is 13.4. The second kappa shape index (κ2) is 7.16. The molecule has 0 spiro atoms. The van der Waals surface area contributed by atoms with Crippen molar-refractivity contribution in [2.45, 2.75) is 39.3 Å². The molecule has 1 aliphatic heterocycles. The van der Waals surface area contributed by atoms with Gasteiger partial charge in [0, 0.05) is 23.6 Å². The molecule has 2 heterocycles. The van der Waals surface area contributed by atoms with Gasteiger partial charge in [0.1, 0.15) is 6.04 Å². The zero-order chi connectivity index (χ0) is 19.0. The van der Waals surface area contributed by atoms with Gasteiger partial charge in [-0.1, -0.05) is 41.0 Å². The second-order valence-electron chi connectivity index (χ2n) is 6.96. The van der Waals surface area contributed by atoms with Crippen LogP contribution < -0.4 is 0 Å². The average molecular weight is 382 g/mol. The quantitative estimate of drug-likeness (QED) is 0.646. The fourth-order valence-electron chi connectivity index (χ4n) is 3.34. The highest BCUT2D eigenvalue weighted by molar-refractivity contribution is 6.30. The Balaban J connectivity index is 1.58. The Morgan fingerprint density at radius 2 is 1.93 bits per heavy atom. The smallest absolute Gasteiger partial charge is 0.249 e. The lowest BCUT2D eigenvalue weighted by atomic mass is 10.1. The lowest BCUT2D eigenvalue weighted by Gasteiger charge is -2.22. The number of carbonyl (C=O) groups excluding carboxylic acids is 1. The van der Waals surface area contributed by atoms with E-state index in [-0.39, 0.29) is 11.9 Å². The molecule has 0 N–H and O–H groups in total. The molecule has 27 heavy (non-hydrogen) atoms. The fourth-order valence-corrected chi connectivity index (χ4v) is 3.47. The molecular weight excluding hydrogens is 362 g/mol. The van der Waals surface area contributed by atoms with Crippen molar-refractivity contribution in [1.29, 1.82) is 0 Å². The molecule has 0 aliphatic carbocycles. The van der Waals surface area contributed by atoms with Crippen LogP contribution in [0.5, 0.6) is 0 Å². The summed E-state index contributed by atoms with van der Waals surface area (Å²) in [7, 11) is 0. The van der Waals surface area contributed by atoms with Crippen molar-refractivity contribution in [3.8, 4) is 11.4 Å². The van der Waals surface area contributed by atoms with Crippen LogP contribution in [-0.2, 0) is 11.3 Å². The molecule has 3 aromatic rings. The van der Waals surface area contributed by atoms with Gasteiger partial charge in [0.25, 0.3) is 0 Å². The number of aromatic nitrogens is 2. The number of halogens is 1. The molecule has 1 atom stereocenters. The maximum Gasteiger partial charge on any atom is 0.249 e. The van der Waals surface area contributed by atoms with Crippen LogP contribution in [0.25, 0.3) is 11.4 Å². The Bertz CT molecular complexity index is 981. The van der Waals surface area contributed by atoms with Crippen molar-refractivity contribution in [1.82, 2.24) is 15.0 Å². The monoisotopic (exact) mass is 381 g/mol. The van der Waals surface area contributed by atoms with E-state index in [1.807, 2.05) is 36.4 Å². The number of benzene rings is 2. The molecule has 1 amide bonds. The van der Waals surface area contributed by atoms with Crippen molar-refractivity contribution in [2.24, 2.45) is 0 Å². The first-order valence-corrected chi connectivity index (χ1v) is 9.34. The summed E-state index contributed by atoms with van der Waals surface area (Å²) < 4.78 is 5.53. The van der Waals surface area contributed by atoms with Crippen molar-refractivity contribution in [3.63, 3.8) is 0 Å². The molecule has 1 unspecified atom stereocenters. The van der Waals surface area contributed by atoms with Crippen molar-refractivity contribution >= 4 is 17.5 Å². The van der Waals surface area contributed by atoms with Gasteiger partial charge in [0.05, 0.1) is 0 Å². The number of hydrogen-bond donors (Lipinski definition) is 0. The van der Waals surface area contributed by atoms with Crippen LogP contribution in [0.15, 0.2) is 47.0 Å². The highest BCUT2D eigenvalue weighted by atomic mass is 35.5. The van der Waals surface area contributed by atoms with Crippen LogP contribution in [0, 0.1) is 13.8 Å². The Morgan fingerprint density at radius 1 is 1.15 bits per heavy atom. The van der Waals surface area contributed by atoms with Gasteiger partial charge in [-0.2, -0.15) is 4.98 Å². The maximum absolute atomic E-state index is 12.4. The van der Waals surface area contributed by atoms with Crippen LogP contribution in [0.1, 0.15) is 41.5 Å². The maximum atomic E-state index is 12.4. The third-order valence-corrected chi connectivity index (χ3v) is 5.34. The van der Waals surface area contributed by atoms with Crippen LogP contribution in [-0.4, -0.2) is 20.9 Å². The number of amides is 1. The molecule has 1 aliphatic rings. The molecular formula is C21H20ClN3O2. The molecule has 4 rings (SSSR count). The highest BCUT2D eigenvalue weighted by Gasteiger charge is 2.36. The summed E-state index contributed by atoms with van der Waals surface area (Å²) >= 11 is 5.95. The Labute approximate surface area is 163 Å². The predicted octanol–water partition coefficient (Wildman–Crippen LogP) is 4.87. The highest BCUT2D eigenvalue weighted by Crippen LogP contribution is 2.34. The number of rotatable bonds is 4. The van der Waals surface area contributed by atoms with Gasteiger partial charge in [0.2, 0.25) is 17.6 Å². The molecule has 1 fully saturated rings. The van der Waals surface area contributed by atoms with Gasteiger partial charge in [-0.15, -0.1) is 0 Å². The first-order chi connectivity index (χ1) is 13.0. The van der Waals surface area contributed by atoms with E-state index in [9.17, 15) is 4.79 Å². The van der Waals surface area contributed by atoms with E-state index in [1.165, 1.54) is 11.1 Å². The molecule has 0 saturated carbocycles. The van der Waals surface area contributed by atoms with Crippen molar-refractivity contribution in [3.05, 3.63) is 70.1 Å². The minimum Gasteiger partial charge on any atom is -0.337 e. The molecule has 0 radical (unpaired) electrons. The van der Waals surface area contributed by atoms with E-state index in [0.29, 0.717) is 36.1 Å². The Morgan fingerprint density at radius 3 is 2.67 bits per heavy atom. The van der Waals surface area contributed by atoms with E-state index in [2.05, 4.69) is 30.1 Å². The molecule has 1 aromatic heterocycles. The summed E-state index contributed by atoms with van der Waals surface area (Å²) in [6.45, 7) is 4.63. The molecule has 1 saturated heterocycles. The van der Waals surface area contributed by atoms with Crippen molar-refractivity contribution in [2.75, 3.05) is 0 Å². The summed E-state index contributed by atoms with van der Waals surface area (Å²) in [5.74, 6) is 1.14. The lowest BCUT2D eigenvalue weighted by Crippen LogP contribution is -2.27. The van der Waals surface area contributed by atoms with Gasteiger partial charge in [-0.25, -0.2) is 0 Å². The molecule has 6 heteroatoms. The van der Waals surface area contributed by atoms with Gasteiger partial charge in [0.15, 0.2) is 0 Å². The van der Waals surface area contributed by atoms with Crippen LogP contribution in [0.4, 0.5) is 0 Å². The van der Waals surface area contributed by atoms with Crippen molar-refractivity contribution < 1.29 is 9.32 Å². The van der Waals surface area contributed by atoms with E-state index >= 15 is 0 Å². The summed E-state index contributed by atoms with van der Waals surface area (Å²) in [5.41, 5.74) is 4.34. The first-order valence-electron chi connectivity index (χ1n) is 8.96. The lowest BCUT2D eigenvalue weighted by molar-refractivity contribution is -0.129. The summed E-state index contributed by atoms with van der Waals surface area (Å²) in [4.78, 5) is 18.8.